The van der Waals surface area contributed by atoms with Crippen LogP contribution in [0.4, 0.5) is 10.1 Å². The highest BCUT2D eigenvalue weighted by Crippen LogP contribution is 2.26. The van der Waals surface area contributed by atoms with Crippen molar-refractivity contribution in [3.63, 3.8) is 0 Å². The summed E-state index contributed by atoms with van der Waals surface area (Å²) in [4.78, 5) is 2.33. The Bertz CT molecular complexity index is 438. The van der Waals surface area contributed by atoms with Gasteiger partial charge in [0.15, 0.2) is 11.6 Å². The SMILES string of the molecule is CCC(C)C1CN(c2ccc(F)c(OC)c2)CCCN1. The van der Waals surface area contributed by atoms with Crippen LogP contribution in [0.1, 0.15) is 26.7 Å². The standard InChI is InChI=1S/C16H25FN2O/c1-4-12(2)15-11-19(9-5-8-18-15)13-6-7-14(17)16(10-13)20-3/h6-7,10,12,15,18H,4-5,8-9,11H2,1-3H3. The van der Waals surface area contributed by atoms with Crippen molar-refractivity contribution in [3.05, 3.63) is 24.0 Å². The highest BCUT2D eigenvalue weighted by Gasteiger charge is 2.22. The molecule has 0 bridgehead atoms. The first-order valence-electron chi connectivity index (χ1n) is 7.47. The Morgan fingerprint density at radius 1 is 1.50 bits per heavy atom. The van der Waals surface area contributed by atoms with Crippen molar-refractivity contribution < 1.29 is 9.13 Å². The Labute approximate surface area is 121 Å². The molecule has 1 N–H and O–H groups in total. The smallest absolute Gasteiger partial charge is 0.165 e. The van der Waals surface area contributed by atoms with E-state index in [0.717, 1.165) is 38.2 Å². The Morgan fingerprint density at radius 2 is 2.30 bits per heavy atom. The molecule has 2 unspecified atom stereocenters. The fourth-order valence-corrected chi connectivity index (χ4v) is 2.70. The number of hydrogen-bond donors (Lipinski definition) is 1. The number of rotatable bonds is 4. The lowest BCUT2D eigenvalue weighted by Gasteiger charge is -2.29. The minimum atomic E-state index is -0.303. The summed E-state index contributed by atoms with van der Waals surface area (Å²) >= 11 is 0. The molecular formula is C16H25FN2O. The van der Waals surface area contributed by atoms with Crippen LogP contribution in [0, 0.1) is 11.7 Å². The lowest BCUT2D eigenvalue weighted by atomic mass is 9.99. The van der Waals surface area contributed by atoms with Crippen molar-refractivity contribution in [1.82, 2.24) is 5.32 Å². The third kappa shape index (κ3) is 3.42. The van der Waals surface area contributed by atoms with Gasteiger partial charge in [0.25, 0.3) is 0 Å². The molecule has 4 heteroatoms. The number of anilines is 1. The lowest BCUT2D eigenvalue weighted by Crippen LogP contribution is -2.42. The number of benzene rings is 1. The predicted molar refractivity (Wildman–Crippen MR) is 81.0 cm³/mol. The molecule has 1 aliphatic heterocycles. The number of nitrogens with one attached hydrogen (secondary N) is 1. The number of ether oxygens (including phenoxy) is 1. The number of halogens is 1. The van der Waals surface area contributed by atoms with Crippen molar-refractivity contribution in [3.8, 4) is 5.75 Å². The van der Waals surface area contributed by atoms with Gasteiger partial charge < -0.3 is 15.0 Å². The summed E-state index contributed by atoms with van der Waals surface area (Å²) in [6, 6.07) is 5.62. The summed E-state index contributed by atoms with van der Waals surface area (Å²) in [5.41, 5.74) is 1.04. The molecule has 0 radical (unpaired) electrons. The molecule has 0 amide bonds. The van der Waals surface area contributed by atoms with E-state index in [0.29, 0.717) is 17.7 Å². The average Bonchev–Trinajstić information content (AvgIpc) is 2.73. The van der Waals surface area contributed by atoms with E-state index in [1.807, 2.05) is 6.07 Å². The summed E-state index contributed by atoms with van der Waals surface area (Å²) in [6.45, 7) is 7.51. The summed E-state index contributed by atoms with van der Waals surface area (Å²) < 4.78 is 18.6. The monoisotopic (exact) mass is 280 g/mol. The Morgan fingerprint density at radius 3 is 3.00 bits per heavy atom. The summed E-state index contributed by atoms with van der Waals surface area (Å²) in [6.07, 6.45) is 2.27. The molecule has 112 valence electrons. The molecule has 1 aromatic carbocycles. The molecule has 1 fully saturated rings. The molecule has 1 saturated heterocycles. The van der Waals surface area contributed by atoms with E-state index in [-0.39, 0.29) is 5.82 Å². The topological polar surface area (TPSA) is 24.5 Å². The van der Waals surface area contributed by atoms with Crippen LogP contribution in [0.3, 0.4) is 0 Å². The van der Waals surface area contributed by atoms with Gasteiger partial charge in [-0.2, -0.15) is 0 Å². The van der Waals surface area contributed by atoms with Crippen molar-refractivity contribution in [1.29, 1.82) is 0 Å². The van der Waals surface area contributed by atoms with Crippen LogP contribution in [0.5, 0.6) is 5.75 Å². The van der Waals surface area contributed by atoms with Gasteiger partial charge in [0.1, 0.15) is 0 Å². The number of methoxy groups -OCH3 is 1. The van der Waals surface area contributed by atoms with Gasteiger partial charge in [-0.1, -0.05) is 20.3 Å². The number of hydrogen-bond acceptors (Lipinski definition) is 3. The molecule has 3 nitrogen and oxygen atoms in total. The quantitative estimate of drug-likeness (QED) is 0.917. The molecule has 1 aromatic rings. The second-order valence-corrected chi connectivity index (χ2v) is 5.56. The summed E-state index contributed by atoms with van der Waals surface area (Å²) in [5.74, 6) is 0.653. The number of nitrogens with zero attached hydrogens (tertiary/aromatic N) is 1. The zero-order valence-corrected chi connectivity index (χ0v) is 12.7. The molecule has 1 aliphatic rings. The van der Waals surface area contributed by atoms with Gasteiger partial charge in [0.2, 0.25) is 0 Å². The van der Waals surface area contributed by atoms with Gasteiger partial charge in [-0.05, 0) is 31.0 Å². The molecule has 2 atom stereocenters. The van der Waals surface area contributed by atoms with E-state index in [1.54, 1.807) is 6.07 Å². The summed E-state index contributed by atoms with van der Waals surface area (Å²) in [7, 11) is 1.51. The third-order valence-electron chi connectivity index (χ3n) is 4.26. The van der Waals surface area contributed by atoms with Crippen LogP contribution in [0.2, 0.25) is 0 Å². The highest BCUT2D eigenvalue weighted by molar-refractivity contribution is 5.51. The second kappa shape index (κ2) is 6.93. The average molecular weight is 280 g/mol. The molecule has 0 aliphatic carbocycles. The highest BCUT2D eigenvalue weighted by atomic mass is 19.1. The van der Waals surface area contributed by atoms with Crippen LogP contribution < -0.4 is 15.0 Å². The van der Waals surface area contributed by atoms with Crippen LogP contribution in [-0.4, -0.2) is 32.8 Å². The minimum absolute atomic E-state index is 0.303. The fourth-order valence-electron chi connectivity index (χ4n) is 2.70. The van der Waals surface area contributed by atoms with E-state index >= 15 is 0 Å². The van der Waals surface area contributed by atoms with Gasteiger partial charge in [0, 0.05) is 30.9 Å². The van der Waals surface area contributed by atoms with Gasteiger partial charge in [-0.3, -0.25) is 0 Å². The second-order valence-electron chi connectivity index (χ2n) is 5.56. The van der Waals surface area contributed by atoms with Crippen LogP contribution >= 0.6 is 0 Å². The first-order valence-corrected chi connectivity index (χ1v) is 7.47. The van der Waals surface area contributed by atoms with Crippen molar-refractivity contribution in [2.24, 2.45) is 5.92 Å². The molecule has 2 rings (SSSR count). The van der Waals surface area contributed by atoms with Crippen molar-refractivity contribution >= 4 is 5.69 Å². The van der Waals surface area contributed by atoms with Gasteiger partial charge >= 0.3 is 0 Å². The van der Waals surface area contributed by atoms with E-state index in [9.17, 15) is 4.39 Å². The molecular weight excluding hydrogens is 255 g/mol. The largest absolute Gasteiger partial charge is 0.494 e. The predicted octanol–water partition coefficient (Wildman–Crippen LogP) is 3.05. The molecule has 1 heterocycles. The van der Waals surface area contributed by atoms with Gasteiger partial charge in [0.05, 0.1) is 7.11 Å². The third-order valence-corrected chi connectivity index (χ3v) is 4.26. The van der Waals surface area contributed by atoms with Crippen molar-refractivity contribution in [2.45, 2.75) is 32.7 Å². The fraction of sp³-hybridized carbons (Fsp3) is 0.625. The normalized spacial score (nSPS) is 21.4. The zero-order valence-electron chi connectivity index (χ0n) is 12.7. The van der Waals surface area contributed by atoms with Gasteiger partial charge in [-0.25, -0.2) is 4.39 Å². The lowest BCUT2D eigenvalue weighted by molar-refractivity contribution is 0.381. The van der Waals surface area contributed by atoms with Crippen LogP contribution in [0.25, 0.3) is 0 Å². The van der Waals surface area contributed by atoms with E-state index in [1.165, 1.54) is 13.2 Å². The Balaban J connectivity index is 2.17. The summed E-state index contributed by atoms with van der Waals surface area (Å²) in [5, 5.41) is 3.63. The van der Waals surface area contributed by atoms with Crippen LogP contribution in [-0.2, 0) is 0 Å². The molecule has 0 spiro atoms. The van der Waals surface area contributed by atoms with Gasteiger partial charge in [-0.15, -0.1) is 0 Å². The maximum atomic E-state index is 13.5. The van der Waals surface area contributed by atoms with Crippen molar-refractivity contribution in [2.75, 3.05) is 31.6 Å². The Hall–Kier alpha value is -1.29. The zero-order chi connectivity index (χ0) is 14.5. The van der Waals surface area contributed by atoms with E-state index in [4.69, 9.17) is 4.74 Å². The minimum Gasteiger partial charge on any atom is -0.494 e. The Kier molecular flexibility index (Phi) is 5.24. The van der Waals surface area contributed by atoms with E-state index in [2.05, 4.69) is 24.1 Å². The van der Waals surface area contributed by atoms with Crippen LogP contribution in [0.15, 0.2) is 18.2 Å². The maximum Gasteiger partial charge on any atom is 0.165 e. The maximum absolute atomic E-state index is 13.5. The molecule has 0 aromatic heterocycles. The first-order chi connectivity index (χ1) is 9.65. The first kappa shape index (κ1) is 15.1. The molecule has 20 heavy (non-hydrogen) atoms. The molecule has 0 saturated carbocycles. The van der Waals surface area contributed by atoms with E-state index < -0.39 is 0 Å².